The van der Waals surface area contributed by atoms with Crippen LogP contribution in [0.25, 0.3) is 0 Å². The van der Waals surface area contributed by atoms with Gasteiger partial charge in [0.15, 0.2) is 0 Å². The molecule has 4 N–H and O–H groups in total. The highest BCUT2D eigenvalue weighted by Crippen LogP contribution is 2.33. The Hall–Kier alpha value is -2.54. The molecule has 0 saturated heterocycles. The molecule has 1 aliphatic rings. The van der Waals surface area contributed by atoms with E-state index < -0.39 is 0 Å². The monoisotopic (exact) mass is 303 g/mol. The summed E-state index contributed by atoms with van der Waals surface area (Å²) in [7, 11) is 0. The van der Waals surface area contributed by atoms with Gasteiger partial charge in [-0.25, -0.2) is 4.98 Å². The van der Waals surface area contributed by atoms with Crippen molar-refractivity contribution in [2.45, 2.75) is 26.4 Å². The third-order valence-electron chi connectivity index (χ3n) is 3.84. The number of nitrogens with one attached hydrogen (secondary N) is 1. The fourth-order valence-electron chi connectivity index (χ4n) is 2.75. The Labute approximate surface area is 126 Å². The molecule has 116 valence electrons. The van der Waals surface area contributed by atoms with Crippen LogP contribution in [0.1, 0.15) is 22.6 Å². The standard InChI is InChI=1S/C15H17N3O4/c1-8-16-12-2-3-18(6-10(12)15(22)17-8)7-11-13(20)4-9(19)5-14(11)21/h4-5,19-21H,2-3,6-7H2,1H3,(H,16,17,22). The Balaban J connectivity index is 1.86. The van der Waals surface area contributed by atoms with Crippen LogP contribution >= 0.6 is 0 Å². The molecule has 0 fully saturated rings. The third-order valence-corrected chi connectivity index (χ3v) is 3.84. The zero-order valence-corrected chi connectivity index (χ0v) is 12.1. The molecule has 0 bridgehead atoms. The normalized spacial score (nSPS) is 14.8. The van der Waals surface area contributed by atoms with E-state index in [2.05, 4.69) is 9.97 Å². The first-order valence-electron chi connectivity index (χ1n) is 6.99. The Bertz CT molecular complexity index is 762. The number of aromatic nitrogens is 2. The molecule has 2 heterocycles. The van der Waals surface area contributed by atoms with Gasteiger partial charge >= 0.3 is 0 Å². The van der Waals surface area contributed by atoms with Crippen LogP contribution in [0.3, 0.4) is 0 Å². The van der Waals surface area contributed by atoms with E-state index >= 15 is 0 Å². The van der Waals surface area contributed by atoms with Gasteiger partial charge in [-0.15, -0.1) is 0 Å². The highest BCUT2D eigenvalue weighted by molar-refractivity contribution is 5.48. The van der Waals surface area contributed by atoms with E-state index in [1.807, 2.05) is 4.90 Å². The van der Waals surface area contributed by atoms with Gasteiger partial charge in [-0.2, -0.15) is 0 Å². The number of phenols is 3. The number of aryl methyl sites for hydroxylation is 1. The number of fused-ring (bicyclic) bond motifs is 1. The van der Waals surface area contributed by atoms with Crippen LogP contribution in [0, 0.1) is 6.92 Å². The van der Waals surface area contributed by atoms with E-state index in [1.165, 1.54) is 12.1 Å². The van der Waals surface area contributed by atoms with Gasteiger partial charge < -0.3 is 20.3 Å². The Morgan fingerprint density at radius 3 is 2.64 bits per heavy atom. The molecular weight excluding hydrogens is 286 g/mol. The summed E-state index contributed by atoms with van der Waals surface area (Å²) in [4.78, 5) is 21.0. The first-order valence-corrected chi connectivity index (χ1v) is 6.99. The molecule has 1 aromatic heterocycles. The number of phenolic OH excluding ortho intramolecular Hbond substituents is 3. The van der Waals surface area contributed by atoms with Gasteiger partial charge in [0.25, 0.3) is 5.56 Å². The Morgan fingerprint density at radius 1 is 1.27 bits per heavy atom. The molecule has 0 unspecified atom stereocenters. The summed E-state index contributed by atoms with van der Waals surface area (Å²) < 4.78 is 0. The van der Waals surface area contributed by atoms with E-state index in [9.17, 15) is 20.1 Å². The van der Waals surface area contributed by atoms with E-state index in [1.54, 1.807) is 6.92 Å². The summed E-state index contributed by atoms with van der Waals surface area (Å²) in [6.07, 6.45) is 0.639. The Morgan fingerprint density at radius 2 is 1.95 bits per heavy atom. The maximum absolute atomic E-state index is 12.0. The number of H-pyrrole nitrogens is 1. The highest BCUT2D eigenvalue weighted by atomic mass is 16.3. The number of rotatable bonds is 2. The van der Waals surface area contributed by atoms with Crippen molar-refractivity contribution in [2.24, 2.45) is 0 Å². The summed E-state index contributed by atoms with van der Waals surface area (Å²) in [5.41, 5.74) is 1.61. The van der Waals surface area contributed by atoms with Crippen molar-refractivity contribution in [1.82, 2.24) is 14.9 Å². The van der Waals surface area contributed by atoms with Crippen molar-refractivity contribution in [3.8, 4) is 17.2 Å². The molecule has 2 aromatic rings. The fourth-order valence-corrected chi connectivity index (χ4v) is 2.75. The topological polar surface area (TPSA) is 110 Å². The fraction of sp³-hybridized carbons (Fsp3) is 0.333. The molecule has 0 aliphatic carbocycles. The maximum atomic E-state index is 12.0. The lowest BCUT2D eigenvalue weighted by atomic mass is 10.1. The second-order valence-corrected chi connectivity index (χ2v) is 5.50. The molecule has 1 aliphatic heterocycles. The van der Waals surface area contributed by atoms with Crippen molar-refractivity contribution in [2.75, 3.05) is 6.54 Å². The number of hydrogen-bond donors (Lipinski definition) is 4. The molecule has 0 amide bonds. The van der Waals surface area contributed by atoms with Crippen molar-refractivity contribution in [1.29, 1.82) is 0 Å². The van der Waals surface area contributed by atoms with E-state index in [4.69, 9.17) is 0 Å². The molecule has 7 nitrogen and oxygen atoms in total. The minimum Gasteiger partial charge on any atom is -0.508 e. The van der Waals surface area contributed by atoms with Crippen LogP contribution in [0.5, 0.6) is 17.2 Å². The molecule has 1 aromatic carbocycles. The summed E-state index contributed by atoms with van der Waals surface area (Å²) in [5.74, 6) is 0.0726. The number of benzene rings is 1. The van der Waals surface area contributed by atoms with Crippen molar-refractivity contribution in [3.05, 3.63) is 45.1 Å². The SMILES string of the molecule is Cc1nc2c(c(=O)[nH]1)CN(Cc1c(O)cc(O)cc1O)CC2. The molecule has 3 rings (SSSR count). The second-order valence-electron chi connectivity index (χ2n) is 5.50. The molecule has 22 heavy (non-hydrogen) atoms. The summed E-state index contributed by atoms with van der Waals surface area (Å²) in [6, 6.07) is 2.37. The average molecular weight is 303 g/mol. The number of hydrogen-bond acceptors (Lipinski definition) is 6. The zero-order chi connectivity index (χ0) is 15.9. The predicted octanol–water partition coefficient (Wildman–Crippen LogP) is 0.753. The van der Waals surface area contributed by atoms with E-state index in [-0.39, 0.29) is 29.4 Å². The average Bonchev–Trinajstić information content (AvgIpc) is 2.43. The maximum Gasteiger partial charge on any atom is 0.255 e. The van der Waals surface area contributed by atoms with Crippen molar-refractivity contribution < 1.29 is 15.3 Å². The summed E-state index contributed by atoms with van der Waals surface area (Å²) in [6.45, 7) is 3.10. The minimum absolute atomic E-state index is 0.147. The van der Waals surface area contributed by atoms with Gasteiger partial charge in [-0.05, 0) is 6.92 Å². The molecule has 0 spiro atoms. The van der Waals surface area contributed by atoms with E-state index in [0.717, 1.165) is 5.69 Å². The molecule has 0 atom stereocenters. The van der Waals surface area contributed by atoms with Crippen LogP contribution in [0.15, 0.2) is 16.9 Å². The van der Waals surface area contributed by atoms with Crippen LogP contribution in [-0.2, 0) is 19.5 Å². The lowest BCUT2D eigenvalue weighted by Crippen LogP contribution is -2.35. The molecule has 0 radical (unpaired) electrons. The van der Waals surface area contributed by atoms with Gasteiger partial charge in [0.1, 0.15) is 23.1 Å². The number of aromatic hydroxyl groups is 3. The summed E-state index contributed by atoms with van der Waals surface area (Å²) >= 11 is 0. The van der Waals surface area contributed by atoms with Crippen LogP contribution in [0.2, 0.25) is 0 Å². The van der Waals surface area contributed by atoms with Crippen molar-refractivity contribution >= 4 is 0 Å². The molecule has 0 saturated carbocycles. The summed E-state index contributed by atoms with van der Waals surface area (Å²) in [5, 5.41) is 29.1. The highest BCUT2D eigenvalue weighted by Gasteiger charge is 2.22. The third kappa shape index (κ3) is 2.62. The lowest BCUT2D eigenvalue weighted by molar-refractivity contribution is 0.235. The first kappa shape index (κ1) is 14.4. The van der Waals surface area contributed by atoms with Gasteiger partial charge in [0.2, 0.25) is 0 Å². The predicted molar refractivity (Wildman–Crippen MR) is 78.8 cm³/mol. The van der Waals surface area contributed by atoms with Crippen LogP contribution in [-0.4, -0.2) is 36.7 Å². The van der Waals surface area contributed by atoms with Crippen LogP contribution < -0.4 is 5.56 Å². The number of aromatic amines is 1. The van der Waals surface area contributed by atoms with Crippen molar-refractivity contribution in [3.63, 3.8) is 0 Å². The van der Waals surface area contributed by atoms with Crippen LogP contribution in [0.4, 0.5) is 0 Å². The zero-order valence-electron chi connectivity index (χ0n) is 12.1. The van der Waals surface area contributed by atoms with Gasteiger partial charge in [0, 0.05) is 43.8 Å². The molecule has 7 heteroatoms. The Kier molecular flexibility index (Phi) is 3.50. The smallest absolute Gasteiger partial charge is 0.255 e. The largest absolute Gasteiger partial charge is 0.508 e. The quantitative estimate of drug-likeness (QED) is 0.652. The first-order chi connectivity index (χ1) is 10.4. The minimum atomic E-state index is -0.196. The second kappa shape index (κ2) is 5.34. The lowest BCUT2D eigenvalue weighted by Gasteiger charge is -2.28. The van der Waals surface area contributed by atoms with E-state index in [0.29, 0.717) is 36.5 Å². The van der Waals surface area contributed by atoms with Gasteiger partial charge in [-0.3, -0.25) is 9.69 Å². The number of nitrogens with zero attached hydrogens (tertiary/aromatic N) is 2. The molecular formula is C15H17N3O4. The van der Waals surface area contributed by atoms with Gasteiger partial charge in [0.05, 0.1) is 11.3 Å². The van der Waals surface area contributed by atoms with Gasteiger partial charge in [-0.1, -0.05) is 0 Å².